The van der Waals surface area contributed by atoms with Gasteiger partial charge in [0.25, 0.3) is 0 Å². The van der Waals surface area contributed by atoms with E-state index in [9.17, 15) is 0 Å². The molecular formula is C17H23ClN4O2. The van der Waals surface area contributed by atoms with Crippen LogP contribution in [-0.4, -0.2) is 30.2 Å². The molecule has 2 N–H and O–H groups in total. The Hall–Kier alpha value is -2.21. The normalized spacial score (nSPS) is 11.8. The Morgan fingerprint density at radius 1 is 1.12 bits per heavy atom. The SMILES string of the molecule is CCC(C)Nc1cc(C)nc(Nc2cc(OC)c(Cl)cc2OC)n1. The van der Waals surface area contributed by atoms with Crippen molar-refractivity contribution >= 4 is 29.1 Å². The average Bonchev–Trinajstić information content (AvgIpc) is 2.55. The number of halogens is 1. The summed E-state index contributed by atoms with van der Waals surface area (Å²) in [6.07, 6.45) is 1.01. The lowest BCUT2D eigenvalue weighted by molar-refractivity contribution is 0.405. The minimum Gasteiger partial charge on any atom is -0.495 e. The van der Waals surface area contributed by atoms with E-state index in [2.05, 4.69) is 34.4 Å². The van der Waals surface area contributed by atoms with Crippen molar-refractivity contribution in [2.75, 3.05) is 24.9 Å². The van der Waals surface area contributed by atoms with Crippen molar-refractivity contribution in [1.82, 2.24) is 9.97 Å². The summed E-state index contributed by atoms with van der Waals surface area (Å²) in [5, 5.41) is 7.00. The molecule has 0 aliphatic heterocycles. The van der Waals surface area contributed by atoms with Crippen molar-refractivity contribution in [3.8, 4) is 11.5 Å². The number of benzene rings is 1. The number of ether oxygens (including phenoxy) is 2. The van der Waals surface area contributed by atoms with Gasteiger partial charge in [-0.15, -0.1) is 0 Å². The lowest BCUT2D eigenvalue weighted by Gasteiger charge is -2.16. The van der Waals surface area contributed by atoms with E-state index < -0.39 is 0 Å². The van der Waals surface area contributed by atoms with Crippen LogP contribution in [0.4, 0.5) is 17.5 Å². The highest BCUT2D eigenvalue weighted by Gasteiger charge is 2.12. The maximum atomic E-state index is 6.13. The Labute approximate surface area is 147 Å². The number of methoxy groups -OCH3 is 2. The van der Waals surface area contributed by atoms with Gasteiger partial charge in [0.05, 0.1) is 24.9 Å². The third kappa shape index (κ3) is 4.41. The molecule has 24 heavy (non-hydrogen) atoms. The third-order valence-electron chi connectivity index (χ3n) is 3.58. The zero-order valence-electron chi connectivity index (χ0n) is 14.6. The van der Waals surface area contributed by atoms with Crippen LogP contribution in [0.2, 0.25) is 5.02 Å². The summed E-state index contributed by atoms with van der Waals surface area (Å²) in [6.45, 7) is 6.15. The summed E-state index contributed by atoms with van der Waals surface area (Å²) in [5.41, 5.74) is 1.54. The smallest absolute Gasteiger partial charge is 0.229 e. The van der Waals surface area contributed by atoms with Crippen LogP contribution in [0.1, 0.15) is 26.0 Å². The van der Waals surface area contributed by atoms with Crippen molar-refractivity contribution in [3.05, 3.63) is 28.9 Å². The maximum Gasteiger partial charge on any atom is 0.229 e. The lowest BCUT2D eigenvalue weighted by atomic mass is 10.2. The average molecular weight is 351 g/mol. The molecule has 0 saturated heterocycles. The Morgan fingerprint density at radius 3 is 2.46 bits per heavy atom. The summed E-state index contributed by atoms with van der Waals surface area (Å²) >= 11 is 6.13. The molecule has 1 aromatic heterocycles. The molecule has 0 amide bonds. The monoisotopic (exact) mass is 350 g/mol. The lowest BCUT2D eigenvalue weighted by Crippen LogP contribution is -2.15. The molecule has 6 nitrogen and oxygen atoms in total. The zero-order chi connectivity index (χ0) is 17.7. The zero-order valence-corrected chi connectivity index (χ0v) is 15.4. The van der Waals surface area contributed by atoms with E-state index in [-0.39, 0.29) is 0 Å². The fraction of sp³-hybridized carbons (Fsp3) is 0.412. The Bertz CT molecular complexity index is 709. The topological polar surface area (TPSA) is 68.3 Å². The predicted octanol–water partition coefficient (Wildman–Crippen LogP) is 4.41. The number of aryl methyl sites for hydroxylation is 1. The summed E-state index contributed by atoms with van der Waals surface area (Å²) in [6, 6.07) is 5.69. The predicted molar refractivity (Wildman–Crippen MR) is 98.0 cm³/mol. The van der Waals surface area contributed by atoms with E-state index in [1.165, 1.54) is 0 Å². The molecule has 2 rings (SSSR count). The number of anilines is 3. The van der Waals surface area contributed by atoms with Crippen molar-refractivity contribution in [3.63, 3.8) is 0 Å². The van der Waals surface area contributed by atoms with Crippen LogP contribution in [0.15, 0.2) is 18.2 Å². The Morgan fingerprint density at radius 2 is 1.83 bits per heavy atom. The highest BCUT2D eigenvalue weighted by atomic mass is 35.5. The van der Waals surface area contributed by atoms with Crippen LogP contribution in [0.5, 0.6) is 11.5 Å². The molecule has 0 fully saturated rings. The third-order valence-corrected chi connectivity index (χ3v) is 3.88. The quantitative estimate of drug-likeness (QED) is 0.770. The molecule has 0 aliphatic rings. The van der Waals surface area contributed by atoms with Gasteiger partial charge in [-0.05, 0) is 20.3 Å². The number of hydrogen-bond acceptors (Lipinski definition) is 6. The van der Waals surface area contributed by atoms with Crippen LogP contribution in [0.3, 0.4) is 0 Å². The van der Waals surface area contributed by atoms with E-state index in [1.807, 2.05) is 13.0 Å². The minimum absolute atomic E-state index is 0.331. The van der Waals surface area contributed by atoms with Gasteiger partial charge in [0.2, 0.25) is 5.95 Å². The maximum absolute atomic E-state index is 6.13. The number of nitrogens with zero attached hydrogens (tertiary/aromatic N) is 2. The van der Waals surface area contributed by atoms with Gasteiger partial charge in [0.1, 0.15) is 17.3 Å². The van der Waals surface area contributed by atoms with Gasteiger partial charge in [-0.3, -0.25) is 0 Å². The van der Waals surface area contributed by atoms with Crippen LogP contribution in [0, 0.1) is 6.92 Å². The van der Waals surface area contributed by atoms with Gasteiger partial charge in [-0.25, -0.2) is 4.98 Å². The molecule has 0 radical (unpaired) electrons. The molecule has 0 aliphatic carbocycles. The van der Waals surface area contributed by atoms with Crippen LogP contribution < -0.4 is 20.1 Å². The second-order valence-electron chi connectivity index (χ2n) is 5.48. The molecule has 1 aromatic carbocycles. The fourth-order valence-corrected chi connectivity index (χ4v) is 2.36. The minimum atomic E-state index is 0.331. The number of nitrogens with one attached hydrogen (secondary N) is 2. The number of hydrogen-bond donors (Lipinski definition) is 2. The first kappa shape index (κ1) is 18.1. The molecule has 1 unspecified atom stereocenters. The highest BCUT2D eigenvalue weighted by molar-refractivity contribution is 6.32. The van der Waals surface area contributed by atoms with E-state index in [0.717, 1.165) is 17.9 Å². The molecule has 7 heteroatoms. The van der Waals surface area contributed by atoms with Gasteiger partial charge >= 0.3 is 0 Å². The van der Waals surface area contributed by atoms with Gasteiger partial charge in [-0.2, -0.15) is 4.98 Å². The van der Waals surface area contributed by atoms with E-state index >= 15 is 0 Å². The molecule has 1 atom stereocenters. The Balaban J connectivity index is 2.33. The van der Waals surface area contributed by atoms with E-state index in [4.69, 9.17) is 21.1 Å². The van der Waals surface area contributed by atoms with Crippen LogP contribution in [0.25, 0.3) is 0 Å². The van der Waals surface area contributed by atoms with Crippen molar-refractivity contribution < 1.29 is 9.47 Å². The Kier molecular flexibility index (Phi) is 6.09. The van der Waals surface area contributed by atoms with Gasteiger partial charge in [0.15, 0.2) is 0 Å². The molecule has 0 spiro atoms. The molecular weight excluding hydrogens is 328 g/mol. The number of aromatic nitrogens is 2. The van der Waals surface area contributed by atoms with Gasteiger partial charge < -0.3 is 20.1 Å². The molecule has 0 saturated carbocycles. The molecule has 2 aromatic rings. The second-order valence-corrected chi connectivity index (χ2v) is 5.89. The largest absolute Gasteiger partial charge is 0.495 e. The first-order valence-corrected chi connectivity index (χ1v) is 8.15. The van der Waals surface area contributed by atoms with Crippen LogP contribution in [-0.2, 0) is 0 Å². The standard InChI is InChI=1S/C17H23ClN4O2/c1-6-10(2)19-16-7-11(3)20-17(22-16)21-13-9-14(23-4)12(18)8-15(13)24-5/h7-10H,6H2,1-5H3,(H2,19,20,21,22). The van der Waals surface area contributed by atoms with Gasteiger partial charge in [-0.1, -0.05) is 18.5 Å². The van der Waals surface area contributed by atoms with Gasteiger partial charge in [0, 0.05) is 29.9 Å². The van der Waals surface area contributed by atoms with Crippen molar-refractivity contribution in [2.45, 2.75) is 33.2 Å². The van der Waals surface area contributed by atoms with Crippen LogP contribution >= 0.6 is 11.6 Å². The number of rotatable bonds is 7. The van der Waals surface area contributed by atoms with Crippen molar-refractivity contribution in [1.29, 1.82) is 0 Å². The van der Waals surface area contributed by atoms with E-state index in [1.54, 1.807) is 26.4 Å². The summed E-state index contributed by atoms with van der Waals surface area (Å²) in [7, 11) is 3.14. The first-order chi connectivity index (χ1) is 11.5. The fourth-order valence-electron chi connectivity index (χ4n) is 2.13. The second kappa shape index (κ2) is 8.06. The molecule has 1 heterocycles. The highest BCUT2D eigenvalue weighted by Crippen LogP contribution is 2.37. The molecule has 0 bridgehead atoms. The molecule has 130 valence electrons. The summed E-state index contributed by atoms with van der Waals surface area (Å²) in [5.74, 6) is 2.38. The summed E-state index contributed by atoms with van der Waals surface area (Å²) in [4.78, 5) is 8.93. The summed E-state index contributed by atoms with van der Waals surface area (Å²) < 4.78 is 10.6. The first-order valence-electron chi connectivity index (χ1n) is 7.77. The van der Waals surface area contributed by atoms with Crippen molar-refractivity contribution in [2.24, 2.45) is 0 Å². The van der Waals surface area contributed by atoms with E-state index in [0.29, 0.717) is 34.2 Å².